The number of pyridine rings is 2. The number of amides is 2. The van der Waals surface area contributed by atoms with Crippen LogP contribution >= 0.6 is 11.3 Å². The summed E-state index contributed by atoms with van der Waals surface area (Å²) in [6, 6.07) is 16.9. The number of rotatable bonds is 9. The van der Waals surface area contributed by atoms with Gasteiger partial charge in [0.15, 0.2) is 11.6 Å². The predicted octanol–water partition coefficient (Wildman–Crippen LogP) is 6.51. The van der Waals surface area contributed by atoms with Gasteiger partial charge in [0, 0.05) is 42.4 Å². The van der Waals surface area contributed by atoms with Crippen LogP contribution in [0.15, 0.2) is 79.1 Å². The summed E-state index contributed by atoms with van der Waals surface area (Å²) in [5, 5.41) is 8.39. The molecule has 0 saturated heterocycles. The molecule has 2 amide bonds. The van der Waals surface area contributed by atoms with Gasteiger partial charge in [0.05, 0.1) is 20.8 Å². The fourth-order valence-corrected chi connectivity index (χ4v) is 5.54. The van der Waals surface area contributed by atoms with Crippen LogP contribution in [0.2, 0.25) is 0 Å². The highest BCUT2D eigenvalue weighted by molar-refractivity contribution is 7.22. The molecule has 0 unspecified atom stereocenters. The maximum atomic E-state index is 15.1. The minimum atomic E-state index is -1.26. The molecule has 3 heterocycles. The van der Waals surface area contributed by atoms with Crippen molar-refractivity contribution in [3.05, 3.63) is 96.3 Å². The number of halogens is 2. The van der Waals surface area contributed by atoms with Crippen molar-refractivity contribution in [3.8, 4) is 22.1 Å². The van der Waals surface area contributed by atoms with Crippen LogP contribution in [0.3, 0.4) is 0 Å². The molecule has 0 radical (unpaired) electrons. The van der Waals surface area contributed by atoms with Crippen LogP contribution in [0.5, 0.6) is 11.5 Å². The van der Waals surface area contributed by atoms with E-state index in [2.05, 4.69) is 25.9 Å². The Hall–Kier alpha value is -4.74. The SMILES string of the molecule is CNCc1ccc(-c2cc3nccc(Oc4ccc(NC(=O)C5(C(=O)Nc6ccc(F)cc6)CC5)cc4F)c3s2)nc1. The maximum Gasteiger partial charge on any atom is 0.240 e. The predicted molar refractivity (Wildman–Crippen MR) is 157 cm³/mol. The van der Waals surface area contributed by atoms with Gasteiger partial charge in [-0.15, -0.1) is 11.3 Å². The van der Waals surface area contributed by atoms with Gasteiger partial charge in [0.25, 0.3) is 0 Å². The summed E-state index contributed by atoms with van der Waals surface area (Å²) >= 11 is 1.44. The molecule has 8 nitrogen and oxygen atoms in total. The van der Waals surface area contributed by atoms with E-state index < -0.39 is 28.9 Å². The van der Waals surface area contributed by atoms with E-state index in [1.807, 2.05) is 31.4 Å². The molecule has 212 valence electrons. The minimum absolute atomic E-state index is 0.0276. The summed E-state index contributed by atoms with van der Waals surface area (Å²) in [6.07, 6.45) is 4.12. The summed E-state index contributed by atoms with van der Waals surface area (Å²) in [5.74, 6) is -1.73. The Kier molecular flexibility index (Phi) is 7.36. The Labute approximate surface area is 243 Å². The van der Waals surface area contributed by atoms with E-state index in [1.54, 1.807) is 12.3 Å². The first kappa shape index (κ1) is 27.4. The second kappa shape index (κ2) is 11.3. The van der Waals surface area contributed by atoms with Gasteiger partial charge in [-0.25, -0.2) is 8.78 Å². The molecule has 1 fully saturated rings. The van der Waals surface area contributed by atoms with E-state index in [-0.39, 0.29) is 11.4 Å². The van der Waals surface area contributed by atoms with Gasteiger partial charge in [-0.3, -0.25) is 19.6 Å². The second-order valence-corrected chi connectivity index (χ2v) is 11.0. The lowest BCUT2D eigenvalue weighted by molar-refractivity contribution is -0.131. The summed E-state index contributed by atoms with van der Waals surface area (Å²) in [5.41, 5.74) is 1.88. The van der Waals surface area contributed by atoms with Crippen LogP contribution in [-0.4, -0.2) is 28.8 Å². The van der Waals surface area contributed by atoms with E-state index in [9.17, 15) is 14.0 Å². The number of ether oxygens (including phenoxy) is 1. The molecule has 3 N–H and O–H groups in total. The van der Waals surface area contributed by atoms with Gasteiger partial charge in [-0.1, -0.05) is 6.07 Å². The minimum Gasteiger partial charge on any atom is -0.453 e. The first-order valence-corrected chi connectivity index (χ1v) is 14.0. The molecule has 1 aliphatic rings. The Morgan fingerprint density at radius 1 is 0.905 bits per heavy atom. The van der Waals surface area contributed by atoms with Gasteiger partial charge >= 0.3 is 0 Å². The zero-order valence-corrected chi connectivity index (χ0v) is 23.2. The Morgan fingerprint density at radius 2 is 1.64 bits per heavy atom. The molecule has 1 aliphatic carbocycles. The first-order valence-electron chi connectivity index (χ1n) is 13.2. The zero-order valence-electron chi connectivity index (χ0n) is 22.4. The fraction of sp³-hybridized carbons (Fsp3) is 0.161. The number of nitrogens with one attached hydrogen (secondary N) is 3. The van der Waals surface area contributed by atoms with Gasteiger partial charge < -0.3 is 20.7 Å². The molecule has 0 bridgehead atoms. The second-order valence-electron chi connectivity index (χ2n) is 9.96. The molecule has 0 spiro atoms. The third-order valence-corrected chi connectivity index (χ3v) is 8.13. The molecule has 0 aliphatic heterocycles. The quantitative estimate of drug-likeness (QED) is 0.171. The van der Waals surface area contributed by atoms with Crippen molar-refractivity contribution in [1.82, 2.24) is 15.3 Å². The number of fused-ring (bicyclic) bond motifs is 1. The van der Waals surface area contributed by atoms with E-state index >= 15 is 4.39 Å². The summed E-state index contributed by atoms with van der Waals surface area (Å²) in [6.45, 7) is 0.723. The first-order chi connectivity index (χ1) is 20.3. The van der Waals surface area contributed by atoms with Crippen molar-refractivity contribution in [3.63, 3.8) is 0 Å². The van der Waals surface area contributed by atoms with Crippen molar-refractivity contribution in [1.29, 1.82) is 0 Å². The number of carbonyl (C=O) groups is 2. The van der Waals surface area contributed by atoms with E-state index in [0.29, 0.717) is 29.8 Å². The standard InChI is InChI=1S/C31H25F2N5O3S/c1-34-16-18-2-8-23(36-17-18)27-15-24-28(42-27)26(10-13-35-24)41-25-9-7-21(14-22(25)33)38-30(40)31(11-12-31)29(39)37-20-5-3-19(32)4-6-20/h2-10,13-15,17,34H,11-12,16H2,1H3,(H,37,39)(H,38,40). The Bertz CT molecular complexity index is 1790. The van der Waals surface area contributed by atoms with Gasteiger partial charge in [0.1, 0.15) is 17.0 Å². The number of hydrogen-bond acceptors (Lipinski definition) is 7. The molecule has 6 rings (SSSR count). The molecule has 3 aromatic heterocycles. The lowest BCUT2D eigenvalue weighted by Crippen LogP contribution is -2.35. The molecule has 1 saturated carbocycles. The Morgan fingerprint density at radius 3 is 2.31 bits per heavy atom. The normalized spacial score (nSPS) is 13.5. The van der Waals surface area contributed by atoms with Crippen LogP contribution in [0.25, 0.3) is 20.8 Å². The van der Waals surface area contributed by atoms with Crippen LogP contribution in [0.4, 0.5) is 20.2 Å². The lowest BCUT2D eigenvalue weighted by Gasteiger charge is -2.16. The number of carbonyl (C=O) groups excluding carboxylic acids is 2. The molecule has 5 aromatic rings. The third-order valence-electron chi connectivity index (χ3n) is 6.96. The van der Waals surface area contributed by atoms with Crippen molar-refractivity contribution < 1.29 is 23.1 Å². The molecular formula is C31H25F2N5O3S. The fourth-order valence-electron chi connectivity index (χ4n) is 4.50. The van der Waals surface area contributed by atoms with Crippen molar-refractivity contribution >= 4 is 44.7 Å². The van der Waals surface area contributed by atoms with Crippen LogP contribution in [0, 0.1) is 17.0 Å². The van der Waals surface area contributed by atoms with Crippen LogP contribution in [-0.2, 0) is 16.1 Å². The lowest BCUT2D eigenvalue weighted by atomic mass is 10.0. The van der Waals surface area contributed by atoms with E-state index in [1.165, 1.54) is 47.7 Å². The average molecular weight is 586 g/mol. The highest BCUT2D eigenvalue weighted by Crippen LogP contribution is 2.47. The summed E-state index contributed by atoms with van der Waals surface area (Å²) < 4.78 is 35.0. The van der Waals surface area contributed by atoms with Gasteiger partial charge in [-0.05, 0) is 74.0 Å². The van der Waals surface area contributed by atoms with Crippen molar-refractivity contribution in [2.75, 3.05) is 17.7 Å². The average Bonchev–Trinajstić information content (AvgIpc) is 3.69. The van der Waals surface area contributed by atoms with Crippen molar-refractivity contribution in [2.45, 2.75) is 19.4 Å². The largest absolute Gasteiger partial charge is 0.453 e. The molecule has 0 atom stereocenters. The topological polar surface area (TPSA) is 105 Å². The van der Waals surface area contributed by atoms with E-state index in [4.69, 9.17) is 4.74 Å². The monoisotopic (exact) mass is 585 g/mol. The number of aromatic nitrogens is 2. The highest BCUT2D eigenvalue weighted by Gasteiger charge is 2.56. The Balaban J connectivity index is 1.15. The summed E-state index contributed by atoms with van der Waals surface area (Å²) in [4.78, 5) is 35.7. The van der Waals surface area contributed by atoms with Crippen LogP contribution < -0.4 is 20.7 Å². The highest BCUT2D eigenvalue weighted by atomic mass is 32.1. The smallest absolute Gasteiger partial charge is 0.240 e. The molecule has 2 aromatic carbocycles. The molecule has 42 heavy (non-hydrogen) atoms. The molecular weight excluding hydrogens is 560 g/mol. The van der Waals surface area contributed by atoms with Gasteiger partial charge in [0.2, 0.25) is 11.8 Å². The van der Waals surface area contributed by atoms with Crippen LogP contribution in [0.1, 0.15) is 18.4 Å². The third kappa shape index (κ3) is 5.56. The maximum absolute atomic E-state index is 15.1. The summed E-state index contributed by atoms with van der Waals surface area (Å²) in [7, 11) is 1.88. The zero-order chi connectivity index (χ0) is 29.3. The van der Waals surface area contributed by atoms with Gasteiger partial charge in [-0.2, -0.15) is 0 Å². The number of thiophene rings is 1. The number of benzene rings is 2. The van der Waals surface area contributed by atoms with E-state index in [0.717, 1.165) is 33.4 Å². The number of anilines is 2. The molecule has 11 heteroatoms. The van der Waals surface area contributed by atoms with Crippen molar-refractivity contribution in [2.24, 2.45) is 5.41 Å². The number of hydrogen-bond donors (Lipinski definition) is 3. The number of nitrogens with zero attached hydrogens (tertiary/aromatic N) is 2.